The molecule has 5 rings (SSSR count). The van der Waals surface area contributed by atoms with Gasteiger partial charge in [0.1, 0.15) is 0 Å². The number of hydrogen-bond donors (Lipinski definition) is 2. The van der Waals surface area contributed by atoms with Crippen molar-refractivity contribution < 1.29 is 28.9 Å². The Morgan fingerprint density at radius 3 is 1.91 bits per heavy atom. The van der Waals surface area contributed by atoms with E-state index in [-0.39, 0.29) is 24.7 Å². The van der Waals surface area contributed by atoms with Crippen LogP contribution in [0.15, 0.2) is 109 Å². The molecule has 0 saturated carbocycles. The summed E-state index contributed by atoms with van der Waals surface area (Å²) in [5.41, 5.74) is 5.70. The number of aliphatic hydroxyl groups is 1. The summed E-state index contributed by atoms with van der Waals surface area (Å²) in [6, 6.07) is 36.1. The Labute approximate surface area is 270 Å². The van der Waals surface area contributed by atoms with Gasteiger partial charge in [0.25, 0.3) is 5.91 Å². The van der Waals surface area contributed by atoms with E-state index in [0.29, 0.717) is 12.2 Å². The van der Waals surface area contributed by atoms with Gasteiger partial charge in [-0.3, -0.25) is 14.5 Å². The van der Waals surface area contributed by atoms with Gasteiger partial charge in [-0.05, 0) is 41.3 Å². The summed E-state index contributed by atoms with van der Waals surface area (Å²) in [5, 5.41) is 12.4. The maximum absolute atomic E-state index is 12.5. The van der Waals surface area contributed by atoms with Gasteiger partial charge in [0.05, 0.1) is 18.8 Å². The number of hydrogen-bond acceptors (Lipinski definition) is 7. The van der Waals surface area contributed by atoms with Crippen molar-refractivity contribution in [1.82, 2.24) is 4.90 Å². The Morgan fingerprint density at radius 2 is 1.37 bits per heavy atom. The Balaban J connectivity index is 1.39. The molecule has 4 aromatic rings. The first kappa shape index (κ1) is 33.0. The van der Waals surface area contributed by atoms with Crippen LogP contribution < -0.4 is 5.32 Å². The summed E-state index contributed by atoms with van der Waals surface area (Å²) in [6.45, 7) is 7.16. The molecular weight excluding hydrogens is 580 g/mol. The number of carbonyl (C=O) groups is 2. The SMILES string of the molecule is CC(=O)O[C@@H](C)C(=O)Nc1ccc([C@@H]2O[C@H](CN(Cc3ccccc3)Cc3ccccc3)[C@H](C)[C@H](c3ccc(CO)cc3)O2)cc1. The Kier molecular flexibility index (Phi) is 11.3. The fourth-order valence-electron chi connectivity index (χ4n) is 5.72. The predicted molar refractivity (Wildman–Crippen MR) is 176 cm³/mol. The lowest BCUT2D eigenvalue weighted by atomic mass is 9.89. The van der Waals surface area contributed by atoms with E-state index in [2.05, 4.69) is 65.7 Å². The van der Waals surface area contributed by atoms with Crippen LogP contribution in [-0.4, -0.2) is 40.6 Å². The number of esters is 1. The summed E-state index contributed by atoms with van der Waals surface area (Å²) in [7, 11) is 0. The molecule has 1 fully saturated rings. The molecule has 5 atom stereocenters. The topological polar surface area (TPSA) is 97.3 Å². The monoisotopic (exact) mass is 622 g/mol. The molecule has 0 spiro atoms. The van der Waals surface area contributed by atoms with Gasteiger partial charge in [-0.15, -0.1) is 0 Å². The molecular formula is C38H42N2O6. The van der Waals surface area contributed by atoms with Gasteiger partial charge in [-0.2, -0.15) is 0 Å². The van der Waals surface area contributed by atoms with E-state index in [1.54, 1.807) is 12.1 Å². The molecule has 1 saturated heterocycles. The average Bonchev–Trinajstić information content (AvgIpc) is 3.06. The molecule has 1 amide bonds. The smallest absolute Gasteiger partial charge is 0.303 e. The molecule has 8 nitrogen and oxygen atoms in total. The second-order valence-corrected chi connectivity index (χ2v) is 11.8. The van der Waals surface area contributed by atoms with E-state index in [9.17, 15) is 14.7 Å². The van der Waals surface area contributed by atoms with Crippen molar-refractivity contribution in [3.05, 3.63) is 137 Å². The van der Waals surface area contributed by atoms with Crippen molar-refractivity contribution in [2.24, 2.45) is 5.92 Å². The maximum Gasteiger partial charge on any atom is 0.303 e. The molecule has 8 heteroatoms. The van der Waals surface area contributed by atoms with Gasteiger partial charge in [-0.25, -0.2) is 0 Å². The number of amides is 1. The Morgan fingerprint density at radius 1 is 0.804 bits per heavy atom. The third-order valence-electron chi connectivity index (χ3n) is 8.22. The highest BCUT2D eigenvalue weighted by Gasteiger charge is 2.39. The van der Waals surface area contributed by atoms with Crippen LogP contribution in [0.3, 0.4) is 0 Å². The first-order valence-electron chi connectivity index (χ1n) is 15.7. The van der Waals surface area contributed by atoms with Crippen molar-refractivity contribution in [2.45, 2.75) is 65.1 Å². The van der Waals surface area contributed by atoms with Gasteiger partial charge in [-0.1, -0.05) is 104 Å². The summed E-state index contributed by atoms with van der Waals surface area (Å²) < 4.78 is 18.4. The normalized spacial score (nSPS) is 20.2. The van der Waals surface area contributed by atoms with Gasteiger partial charge in [0, 0.05) is 43.7 Å². The van der Waals surface area contributed by atoms with Crippen LogP contribution in [-0.2, 0) is 43.5 Å². The van der Waals surface area contributed by atoms with Gasteiger partial charge in [0.15, 0.2) is 12.4 Å². The first-order chi connectivity index (χ1) is 22.3. The van der Waals surface area contributed by atoms with Crippen molar-refractivity contribution in [1.29, 1.82) is 0 Å². The van der Waals surface area contributed by atoms with E-state index in [1.807, 2.05) is 48.5 Å². The largest absolute Gasteiger partial charge is 0.453 e. The third kappa shape index (κ3) is 8.89. The van der Waals surface area contributed by atoms with Crippen molar-refractivity contribution in [2.75, 3.05) is 11.9 Å². The highest BCUT2D eigenvalue weighted by atomic mass is 16.7. The van der Waals surface area contributed by atoms with Gasteiger partial charge >= 0.3 is 5.97 Å². The molecule has 1 aliphatic rings. The first-order valence-corrected chi connectivity index (χ1v) is 15.7. The minimum absolute atomic E-state index is 0.0200. The van der Waals surface area contributed by atoms with E-state index >= 15 is 0 Å². The van der Waals surface area contributed by atoms with Gasteiger partial charge in [0.2, 0.25) is 0 Å². The third-order valence-corrected chi connectivity index (χ3v) is 8.22. The predicted octanol–water partition coefficient (Wildman–Crippen LogP) is 6.56. The minimum atomic E-state index is -0.905. The fourth-order valence-corrected chi connectivity index (χ4v) is 5.72. The second-order valence-electron chi connectivity index (χ2n) is 11.8. The summed E-state index contributed by atoms with van der Waals surface area (Å²) in [4.78, 5) is 26.1. The zero-order valence-corrected chi connectivity index (χ0v) is 26.5. The molecule has 0 bridgehead atoms. The zero-order valence-electron chi connectivity index (χ0n) is 26.5. The average molecular weight is 623 g/mol. The lowest BCUT2D eigenvalue weighted by Gasteiger charge is -2.43. The van der Waals surface area contributed by atoms with Crippen LogP contribution in [0.4, 0.5) is 5.69 Å². The molecule has 1 heterocycles. The summed E-state index contributed by atoms with van der Waals surface area (Å²) >= 11 is 0. The number of nitrogens with zero attached hydrogens (tertiary/aromatic N) is 1. The standard InChI is InChI=1S/C38H42N2O6/c1-26-35(24-40(22-29-10-6-4-7-11-29)23-30-12-8-5-9-13-30)45-38(46-36(26)32-16-14-31(25-41)15-17-32)33-18-20-34(21-19-33)39-37(43)27(2)44-28(3)42/h4-21,26-27,35-36,38,41H,22-25H2,1-3H3,(H,39,43)/t26-,27-,35+,36+,38+/m0/s1. The molecule has 2 N–H and O–H groups in total. The van der Waals surface area contributed by atoms with E-state index < -0.39 is 24.3 Å². The number of rotatable bonds is 12. The number of benzene rings is 4. The van der Waals surface area contributed by atoms with E-state index in [1.165, 1.54) is 25.0 Å². The molecule has 0 aromatic heterocycles. The number of anilines is 1. The molecule has 4 aromatic carbocycles. The van der Waals surface area contributed by atoms with Crippen LogP contribution in [0.25, 0.3) is 0 Å². The zero-order chi connectivity index (χ0) is 32.5. The molecule has 1 aliphatic heterocycles. The fraction of sp³-hybridized carbons (Fsp3) is 0.316. The number of aliphatic hydroxyl groups excluding tert-OH is 1. The molecule has 240 valence electrons. The number of nitrogens with one attached hydrogen (secondary N) is 1. The minimum Gasteiger partial charge on any atom is -0.453 e. The van der Waals surface area contributed by atoms with Crippen LogP contribution >= 0.6 is 0 Å². The van der Waals surface area contributed by atoms with Gasteiger partial charge < -0.3 is 24.6 Å². The molecule has 0 unspecified atom stereocenters. The van der Waals surface area contributed by atoms with Crippen LogP contribution in [0.5, 0.6) is 0 Å². The molecule has 0 aliphatic carbocycles. The molecule has 46 heavy (non-hydrogen) atoms. The lowest BCUT2D eigenvalue weighted by Crippen LogP contribution is -2.44. The number of ether oxygens (including phenoxy) is 3. The lowest BCUT2D eigenvalue weighted by molar-refractivity contribution is -0.276. The summed E-state index contributed by atoms with van der Waals surface area (Å²) in [6.07, 6.45) is -1.98. The van der Waals surface area contributed by atoms with Crippen molar-refractivity contribution >= 4 is 17.6 Å². The van der Waals surface area contributed by atoms with Crippen LogP contribution in [0.2, 0.25) is 0 Å². The van der Waals surface area contributed by atoms with E-state index in [0.717, 1.165) is 29.8 Å². The Hall–Kier alpha value is -4.34. The quantitative estimate of drug-likeness (QED) is 0.173. The van der Waals surface area contributed by atoms with Crippen molar-refractivity contribution in [3.8, 4) is 0 Å². The molecule has 0 radical (unpaired) electrons. The highest BCUT2D eigenvalue weighted by Crippen LogP contribution is 2.42. The maximum atomic E-state index is 12.5. The van der Waals surface area contributed by atoms with Crippen LogP contribution in [0.1, 0.15) is 61.0 Å². The number of carbonyl (C=O) groups excluding carboxylic acids is 2. The van der Waals surface area contributed by atoms with Crippen LogP contribution in [0, 0.1) is 5.92 Å². The second kappa shape index (κ2) is 15.8. The van der Waals surface area contributed by atoms with E-state index in [4.69, 9.17) is 14.2 Å². The Bertz CT molecular complexity index is 1500. The van der Waals surface area contributed by atoms with Crippen molar-refractivity contribution in [3.63, 3.8) is 0 Å². The summed E-state index contributed by atoms with van der Waals surface area (Å²) in [5.74, 6) is -0.906. The highest BCUT2D eigenvalue weighted by molar-refractivity contribution is 5.94.